The highest BCUT2D eigenvalue weighted by Crippen LogP contribution is 2.37. The summed E-state index contributed by atoms with van der Waals surface area (Å²) in [5.41, 5.74) is 4.02. The zero-order chi connectivity index (χ0) is 24.2. The Morgan fingerprint density at radius 1 is 0.914 bits per heavy atom. The predicted octanol–water partition coefficient (Wildman–Crippen LogP) is 6.59. The highest BCUT2D eigenvalue weighted by atomic mass is 16.5. The lowest BCUT2D eigenvalue weighted by Gasteiger charge is -2.32. The van der Waals surface area contributed by atoms with E-state index < -0.39 is 5.97 Å². The molecule has 0 atom stereocenters. The molecule has 4 nitrogen and oxygen atoms in total. The summed E-state index contributed by atoms with van der Waals surface area (Å²) in [6.45, 7) is 4.85. The molecule has 0 radical (unpaired) electrons. The fraction of sp³-hybridized carbons (Fsp3) is 0.452. The molecular formula is C31H37NO3. The Labute approximate surface area is 208 Å². The van der Waals surface area contributed by atoms with Crippen LogP contribution in [0.5, 0.6) is 5.75 Å². The number of likely N-dealkylation sites (tertiary alicyclic amines) is 1. The van der Waals surface area contributed by atoms with E-state index in [1.807, 2.05) is 0 Å². The first kappa shape index (κ1) is 23.9. The Balaban J connectivity index is 1.30. The quantitative estimate of drug-likeness (QED) is 0.422. The summed E-state index contributed by atoms with van der Waals surface area (Å²) >= 11 is 0. The normalized spacial score (nSPS) is 21.7. The number of rotatable bonds is 7. The van der Waals surface area contributed by atoms with Crippen LogP contribution in [0.4, 0.5) is 0 Å². The number of hydrogen-bond acceptors (Lipinski definition) is 3. The standard InChI is InChI=1S/C31H37NO3/c1-22-21-30(35-26-13-11-24(12-14-26)23-7-3-2-4-8-23)29(28-10-6-5-9-27(22)28)17-20-32-18-15-25(16-19-32)31(33)34/h2-10,21,24-26H,11-20H2,1H3,(H,33,34). The smallest absolute Gasteiger partial charge is 0.306 e. The maximum atomic E-state index is 11.3. The second-order valence-corrected chi connectivity index (χ2v) is 10.4. The summed E-state index contributed by atoms with van der Waals surface area (Å²) in [4.78, 5) is 13.7. The fourth-order valence-electron chi connectivity index (χ4n) is 6.04. The molecule has 1 N–H and O–H groups in total. The number of carboxylic acid groups (broad SMARTS) is 1. The average Bonchev–Trinajstić information content (AvgIpc) is 2.90. The number of carbonyl (C=O) groups is 1. The Kier molecular flexibility index (Phi) is 7.38. The number of piperidine rings is 1. The van der Waals surface area contributed by atoms with Crippen LogP contribution in [-0.4, -0.2) is 41.7 Å². The molecule has 0 amide bonds. The molecule has 1 saturated heterocycles. The number of benzene rings is 3. The van der Waals surface area contributed by atoms with Crippen LogP contribution >= 0.6 is 0 Å². The second kappa shape index (κ2) is 10.8. The van der Waals surface area contributed by atoms with E-state index in [0.29, 0.717) is 5.92 Å². The van der Waals surface area contributed by atoms with Crippen LogP contribution in [0.3, 0.4) is 0 Å². The van der Waals surface area contributed by atoms with E-state index in [2.05, 4.69) is 72.5 Å². The maximum Gasteiger partial charge on any atom is 0.306 e. The summed E-state index contributed by atoms with van der Waals surface area (Å²) in [7, 11) is 0. The van der Waals surface area contributed by atoms with Gasteiger partial charge in [-0.2, -0.15) is 0 Å². The topological polar surface area (TPSA) is 49.8 Å². The number of aryl methyl sites for hydroxylation is 1. The molecule has 4 heteroatoms. The predicted molar refractivity (Wildman–Crippen MR) is 141 cm³/mol. The third-order valence-electron chi connectivity index (χ3n) is 8.18. The number of fused-ring (bicyclic) bond motifs is 1. The van der Waals surface area contributed by atoms with E-state index in [0.717, 1.165) is 57.5 Å². The molecule has 3 aromatic carbocycles. The highest BCUT2D eigenvalue weighted by molar-refractivity contribution is 5.90. The minimum Gasteiger partial charge on any atom is -0.490 e. The van der Waals surface area contributed by atoms with E-state index in [1.165, 1.54) is 40.3 Å². The summed E-state index contributed by atoms with van der Waals surface area (Å²) in [5.74, 6) is 0.857. The third kappa shape index (κ3) is 5.54. The van der Waals surface area contributed by atoms with Crippen molar-refractivity contribution < 1.29 is 14.6 Å². The van der Waals surface area contributed by atoms with E-state index in [9.17, 15) is 9.90 Å². The third-order valence-corrected chi connectivity index (χ3v) is 8.18. The number of aliphatic carboxylic acids is 1. The number of ether oxygens (including phenoxy) is 1. The molecule has 1 saturated carbocycles. The number of hydrogen-bond donors (Lipinski definition) is 1. The van der Waals surface area contributed by atoms with Crippen molar-refractivity contribution in [3.63, 3.8) is 0 Å². The van der Waals surface area contributed by atoms with Gasteiger partial charge in [0.15, 0.2) is 0 Å². The van der Waals surface area contributed by atoms with Crippen LogP contribution in [0.1, 0.15) is 61.1 Å². The van der Waals surface area contributed by atoms with Gasteiger partial charge in [0.1, 0.15) is 5.75 Å². The monoisotopic (exact) mass is 471 g/mol. The molecule has 0 spiro atoms. The van der Waals surface area contributed by atoms with E-state index in [-0.39, 0.29) is 12.0 Å². The van der Waals surface area contributed by atoms with Gasteiger partial charge in [-0.3, -0.25) is 4.79 Å². The largest absolute Gasteiger partial charge is 0.490 e. The van der Waals surface area contributed by atoms with Gasteiger partial charge < -0.3 is 14.7 Å². The molecule has 2 fully saturated rings. The lowest BCUT2D eigenvalue weighted by molar-refractivity contribution is -0.143. The molecule has 1 aliphatic carbocycles. The van der Waals surface area contributed by atoms with Crippen molar-refractivity contribution in [2.24, 2.45) is 5.92 Å². The van der Waals surface area contributed by atoms with E-state index in [1.54, 1.807) is 0 Å². The zero-order valence-electron chi connectivity index (χ0n) is 20.8. The summed E-state index contributed by atoms with van der Waals surface area (Å²) in [6.07, 6.45) is 7.22. The summed E-state index contributed by atoms with van der Waals surface area (Å²) in [6, 6.07) is 21.8. The highest BCUT2D eigenvalue weighted by Gasteiger charge is 2.26. The average molecular weight is 472 g/mol. The van der Waals surface area contributed by atoms with Crippen LogP contribution in [0.15, 0.2) is 60.7 Å². The van der Waals surface area contributed by atoms with Gasteiger partial charge in [-0.15, -0.1) is 0 Å². The molecule has 1 heterocycles. The maximum absolute atomic E-state index is 11.3. The first-order chi connectivity index (χ1) is 17.1. The van der Waals surface area contributed by atoms with Crippen molar-refractivity contribution in [1.29, 1.82) is 0 Å². The molecule has 3 aromatic rings. The fourth-order valence-corrected chi connectivity index (χ4v) is 6.04. The SMILES string of the molecule is Cc1cc(OC2CCC(c3ccccc3)CC2)c(CCN2CCC(C(=O)O)CC2)c2ccccc12. The van der Waals surface area contributed by atoms with Gasteiger partial charge in [-0.05, 0) is 98.8 Å². The van der Waals surface area contributed by atoms with Gasteiger partial charge in [0, 0.05) is 12.1 Å². The Bertz CT molecular complexity index is 1140. The van der Waals surface area contributed by atoms with Crippen molar-refractivity contribution in [2.45, 2.75) is 63.9 Å². The summed E-state index contributed by atoms with van der Waals surface area (Å²) < 4.78 is 6.75. The van der Waals surface area contributed by atoms with Crippen molar-refractivity contribution in [2.75, 3.05) is 19.6 Å². The molecule has 2 aliphatic rings. The van der Waals surface area contributed by atoms with E-state index >= 15 is 0 Å². The van der Waals surface area contributed by atoms with Crippen LogP contribution in [-0.2, 0) is 11.2 Å². The van der Waals surface area contributed by atoms with Crippen LogP contribution in [0, 0.1) is 12.8 Å². The van der Waals surface area contributed by atoms with Gasteiger partial charge >= 0.3 is 5.97 Å². The van der Waals surface area contributed by atoms with Gasteiger partial charge in [0.05, 0.1) is 12.0 Å². The van der Waals surface area contributed by atoms with Gasteiger partial charge in [0.2, 0.25) is 0 Å². The van der Waals surface area contributed by atoms with Crippen LogP contribution < -0.4 is 4.74 Å². The first-order valence-corrected chi connectivity index (χ1v) is 13.3. The minimum atomic E-state index is -0.646. The van der Waals surface area contributed by atoms with Gasteiger partial charge in [-0.1, -0.05) is 54.6 Å². The van der Waals surface area contributed by atoms with Crippen LogP contribution in [0.25, 0.3) is 10.8 Å². The second-order valence-electron chi connectivity index (χ2n) is 10.4. The molecule has 0 bridgehead atoms. The Hall–Kier alpha value is -2.85. The zero-order valence-corrected chi connectivity index (χ0v) is 20.8. The molecule has 35 heavy (non-hydrogen) atoms. The van der Waals surface area contributed by atoms with E-state index in [4.69, 9.17) is 4.74 Å². The van der Waals surface area contributed by atoms with Crippen molar-refractivity contribution in [3.05, 3.63) is 77.4 Å². The van der Waals surface area contributed by atoms with Crippen molar-refractivity contribution >= 4 is 16.7 Å². The van der Waals surface area contributed by atoms with Crippen molar-refractivity contribution in [1.82, 2.24) is 4.90 Å². The molecule has 184 valence electrons. The molecule has 5 rings (SSSR count). The molecule has 0 unspecified atom stereocenters. The minimum absolute atomic E-state index is 0.184. The first-order valence-electron chi connectivity index (χ1n) is 13.3. The van der Waals surface area contributed by atoms with Crippen molar-refractivity contribution in [3.8, 4) is 5.75 Å². The Morgan fingerprint density at radius 3 is 2.26 bits per heavy atom. The van der Waals surface area contributed by atoms with Gasteiger partial charge in [0.25, 0.3) is 0 Å². The molecule has 1 aliphatic heterocycles. The number of nitrogens with zero attached hydrogens (tertiary/aromatic N) is 1. The lowest BCUT2D eigenvalue weighted by atomic mass is 9.83. The Morgan fingerprint density at radius 2 is 1.57 bits per heavy atom. The van der Waals surface area contributed by atoms with Gasteiger partial charge in [-0.25, -0.2) is 0 Å². The lowest BCUT2D eigenvalue weighted by Crippen LogP contribution is -2.37. The number of carboxylic acids is 1. The summed E-state index contributed by atoms with van der Waals surface area (Å²) in [5, 5.41) is 11.9. The van der Waals surface area contributed by atoms with Crippen LogP contribution in [0.2, 0.25) is 0 Å². The molecule has 0 aromatic heterocycles. The molecular weight excluding hydrogens is 434 g/mol.